The molecule has 0 aliphatic rings. The Hall–Kier alpha value is -0.690. The monoisotopic (exact) mass is 348 g/mol. The number of hydrogen-bond donors (Lipinski definition) is 1. The van der Waals surface area contributed by atoms with Gasteiger partial charge in [0.05, 0.1) is 4.92 Å². The maximum atomic E-state index is 11.1. The van der Waals surface area contributed by atoms with E-state index in [1.165, 1.54) is 0 Å². The van der Waals surface area contributed by atoms with E-state index < -0.39 is 0 Å². The Morgan fingerprint density at radius 3 is 2.65 bits per heavy atom. The number of nitrogens with zero attached hydrogens (tertiary/aromatic N) is 1. The zero-order valence-corrected chi connectivity index (χ0v) is 12.4. The average Bonchev–Trinajstić information content (AvgIpc) is 2.31. The van der Waals surface area contributed by atoms with E-state index in [0.717, 1.165) is 15.6 Å². The third-order valence-corrected chi connectivity index (χ3v) is 3.76. The van der Waals surface area contributed by atoms with Crippen molar-refractivity contribution in [2.75, 3.05) is 7.05 Å². The van der Waals surface area contributed by atoms with Crippen LogP contribution >= 0.6 is 22.6 Å². The van der Waals surface area contributed by atoms with Crippen LogP contribution in [0.1, 0.15) is 31.7 Å². The Kier molecular flexibility index (Phi) is 5.32. The molecule has 0 amide bonds. The lowest BCUT2D eigenvalue weighted by Gasteiger charge is -2.22. The van der Waals surface area contributed by atoms with Crippen molar-refractivity contribution in [2.45, 2.75) is 32.2 Å². The fourth-order valence-electron chi connectivity index (χ4n) is 2.03. The van der Waals surface area contributed by atoms with Crippen molar-refractivity contribution in [3.05, 3.63) is 37.4 Å². The second kappa shape index (κ2) is 6.30. The van der Waals surface area contributed by atoms with Crippen molar-refractivity contribution in [2.24, 2.45) is 0 Å². The Labute approximate surface area is 115 Å². The number of rotatable bonds is 5. The molecular weight excluding hydrogens is 331 g/mol. The van der Waals surface area contributed by atoms with E-state index in [2.05, 4.69) is 41.8 Å². The highest BCUT2D eigenvalue weighted by Crippen LogP contribution is 2.32. The standard InChI is InChI=1S/C12H17IN2O2/c1-4-10(8(2)14-3)11-6-5-9(13)7-12(11)15(16)17/h5-8,10,14H,4H2,1-3H3. The average molecular weight is 348 g/mol. The van der Waals surface area contributed by atoms with Crippen LogP contribution in [0.2, 0.25) is 0 Å². The highest BCUT2D eigenvalue weighted by Gasteiger charge is 2.24. The third-order valence-electron chi connectivity index (χ3n) is 3.09. The number of likely N-dealkylation sites (N-methyl/N-ethyl adjacent to an activating group) is 1. The number of benzene rings is 1. The Morgan fingerprint density at radius 2 is 2.18 bits per heavy atom. The summed E-state index contributed by atoms with van der Waals surface area (Å²) in [6, 6.07) is 5.66. The zero-order chi connectivity index (χ0) is 13.0. The normalized spacial score (nSPS) is 14.4. The first-order valence-corrected chi connectivity index (χ1v) is 6.70. The predicted octanol–water partition coefficient (Wildman–Crippen LogP) is 3.30. The van der Waals surface area contributed by atoms with Gasteiger partial charge in [-0.2, -0.15) is 0 Å². The predicted molar refractivity (Wildman–Crippen MR) is 77.4 cm³/mol. The lowest BCUT2D eigenvalue weighted by molar-refractivity contribution is -0.385. The minimum Gasteiger partial charge on any atom is -0.317 e. The summed E-state index contributed by atoms with van der Waals surface area (Å²) in [4.78, 5) is 10.8. The molecule has 0 heterocycles. The lowest BCUT2D eigenvalue weighted by atomic mass is 9.89. The summed E-state index contributed by atoms with van der Waals surface area (Å²) in [6.45, 7) is 4.11. The summed E-state index contributed by atoms with van der Waals surface area (Å²) < 4.78 is 0.894. The van der Waals surface area contributed by atoms with E-state index in [4.69, 9.17) is 0 Å². The second-order valence-electron chi connectivity index (χ2n) is 4.05. The van der Waals surface area contributed by atoms with E-state index in [1.54, 1.807) is 6.07 Å². The van der Waals surface area contributed by atoms with Crippen LogP contribution in [-0.2, 0) is 0 Å². The van der Waals surface area contributed by atoms with Crippen LogP contribution < -0.4 is 5.32 Å². The first-order chi connectivity index (χ1) is 8.01. The Morgan fingerprint density at radius 1 is 1.53 bits per heavy atom. The molecule has 0 aliphatic carbocycles. The van der Waals surface area contributed by atoms with Gasteiger partial charge in [-0.3, -0.25) is 10.1 Å². The van der Waals surface area contributed by atoms with Gasteiger partial charge >= 0.3 is 0 Å². The van der Waals surface area contributed by atoms with Crippen LogP contribution in [0.3, 0.4) is 0 Å². The fourth-order valence-corrected chi connectivity index (χ4v) is 2.51. The maximum Gasteiger partial charge on any atom is 0.273 e. The largest absolute Gasteiger partial charge is 0.317 e. The molecule has 17 heavy (non-hydrogen) atoms. The molecule has 1 N–H and O–H groups in total. The van der Waals surface area contributed by atoms with E-state index in [1.807, 2.05) is 19.2 Å². The minimum absolute atomic E-state index is 0.164. The quantitative estimate of drug-likeness (QED) is 0.505. The van der Waals surface area contributed by atoms with E-state index >= 15 is 0 Å². The summed E-state index contributed by atoms with van der Waals surface area (Å²) in [6.07, 6.45) is 0.878. The molecule has 0 aromatic heterocycles. The fraction of sp³-hybridized carbons (Fsp3) is 0.500. The van der Waals surface area contributed by atoms with E-state index in [-0.39, 0.29) is 22.6 Å². The number of nitro groups is 1. The van der Waals surface area contributed by atoms with Gasteiger partial charge in [-0.15, -0.1) is 0 Å². The van der Waals surface area contributed by atoms with E-state index in [9.17, 15) is 10.1 Å². The molecule has 4 nitrogen and oxygen atoms in total. The van der Waals surface area contributed by atoms with Crippen molar-refractivity contribution >= 4 is 28.3 Å². The zero-order valence-electron chi connectivity index (χ0n) is 10.2. The van der Waals surface area contributed by atoms with Gasteiger partial charge in [0, 0.05) is 27.2 Å². The molecule has 0 spiro atoms. The van der Waals surface area contributed by atoms with Crippen molar-refractivity contribution in [1.82, 2.24) is 5.32 Å². The van der Waals surface area contributed by atoms with Gasteiger partial charge in [0.2, 0.25) is 0 Å². The molecule has 2 atom stereocenters. The molecule has 0 aliphatic heterocycles. The molecule has 94 valence electrons. The molecule has 5 heteroatoms. The van der Waals surface area contributed by atoms with Crippen LogP contribution in [-0.4, -0.2) is 18.0 Å². The summed E-state index contributed by atoms with van der Waals surface area (Å²) >= 11 is 2.10. The van der Waals surface area contributed by atoms with Gasteiger partial charge in [-0.1, -0.05) is 13.0 Å². The van der Waals surface area contributed by atoms with Gasteiger partial charge in [0.1, 0.15) is 0 Å². The molecule has 0 fully saturated rings. The third kappa shape index (κ3) is 3.38. The number of hydrogen-bond acceptors (Lipinski definition) is 3. The van der Waals surface area contributed by atoms with Gasteiger partial charge < -0.3 is 5.32 Å². The second-order valence-corrected chi connectivity index (χ2v) is 5.30. The first-order valence-electron chi connectivity index (χ1n) is 5.62. The van der Waals surface area contributed by atoms with Crippen LogP contribution in [0, 0.1) is 13.7 Å². The molecule has 0 bridgehead atoms. The van der Waals surface area contributed by atoms with Crippen LogP contribution in [0.4, 0.5) is 5.69 Å². The summed E-state index contributed by atoms with van der Waals surface area (Å²) in [5, 5.41) is 14.3. The molecule has 1 aromatic carbocycles. The lowest BCUT2D eigenvalue weighted by Crippen LogP contribution is -2.29. The van der Waals surface area contributed by atoms with Crippen molar-refractivity contribution in [1.29, 1.82) is 0 Å². The van der Waals surface area contributed by atoms with Gasteiger partial charge in [0.25, 0.3) is 5.69 Å². The number of nitrogens with one attached hydrogen (secondary N) is 1. The molecule has 0 saturated carbocycles. The molecule has 0 saturated heterocycles. The maximum absolute atomic E-state index is 11.1. The summed E-state index contributed by atoms with van der Waals surface area (Å²) in [7, 11) is 1.88. The highest BCUT2D eigenvalue weighted by atomic mass is 127. The van der Waals surface area contributed by atoms with Crippen LogP contribution in [0.25, 0.3) is 0 Å². The van der Waals surface area contributed by atoms with Crippen molar-refractivity contribution in [3.63, 3.8) is 0 Å². The molecule has 2 unspecified atom stereocenters. The topological polar surface area (TPSA) is 55.2 Å². The van der Waals surface area contributed by atoms with Crippen molar-refractivity contribution < 1.29 is 4.92 Å². The number of halogens is 1. The molecular formula is C12H17IN2O2. The molecule has 1 rings (SSSR count). The first kappa shape index (κ1) is 14.4. The highest BCUT2D eigenvalue weighted by molar-refractivity contribution is 14.1. The summed E-state index contributed by atoms with van der Waals surface area (Å²) in [5.41, 5.74) is 1.05. The van der Waals surface area contributed by atoms with Gasteiger partial charge in [0.15, 0.2) is 0 Å². The van der Waals surface area contributed by atoms with Gasteiger partial charge in [-0.05, 0) is 49.0 Å². The Bertz CT molecular complexity index is 409. The van der Waals surface area contributed by atoms with Crippen LogP contribution in [0.15, 0.2) is 18.2 Å². The Balaban J connectivity index is 3.23. The number of nitro benzene ring substituents is 1. The van der Waals surface area contributed by atoms with Gasteiger partial charge in [-0.25, -0.2) is 0 Å². The minimum atomic E-state index is -0.289. The molecule has 0 radical (unpaired) electrons. The van der Waals surface area contributed by atoms with Crippen molar-refractivity contribution in [3.8, 4) is 0 Å². The van der Waals surface area contributed by atoms with E-state index in [0.29, 0.717) is 0 Å². The van der Waals surface area contributed by atoms with Crippen LogP contribution in [0.5, 0.6) is 0 Å². The SMILES string of the molecule is CCC(c1ccc(I)cc1[N+](=O)[O-])C(C)NC. The smallest absolute Gasteiger partial charge is 0.273 e. The summed E-state index contributed by atoms with van der Waals surface area (Å²) in [5.74, 6) is 0.164. The molecule has 1 aromatic rings.